The lowest BCUT2D eigenvalue weighted by atomic mass is 9.82. The van der Waals surface area contributed by atoms with E-state index >= 15 is 0 Å². The molecule has 3 amide bonds. The smallest absolute Gasteiger partial charge is 0.412 e. The average molecular weight is 629 g/mol. The molecule has 2 atom stereocenters. The number of nitrogens with one attached hydrogen (secondary N) is 3. The Morgan fingerprint density at radius 2 is 1.83 bits per heavy atom. The second-order valence-electron chi connectivity index (χ2n) is 13.0. The summed E-state index contributed by atoms with van der Waals surface area (Å²) in [4.78, 5) is 69.1. The number of rotatable bonds is 6. The zero-order chi connectivity index (χ0) is 33.3. The van der Waals surface area contributed by atoms with E-state index in [0.717, 1.165) is 6.42 Å². The molecule has 2 aliphatic carbocycles. The summed E-state index contributed by atoms with van der Waals surface area (Å²) in [5.74, 6) is -0.931. The van der Waals surface area contributed by atoms with Gasteiger partial charge in [0.25, 0.3) is 11.8 Å². The molecule has 13 nitrogen and oxygen atoms in total. The third-order valence-electron chi connectivity index (χ3n) is 8.65. The number of esters is 1. The van der Waals surface area contributed by atoms with Crippen molar-refractivity contribution in [2.75, 3.05) is 24.3 Å². The molecule has 0 bridgehead atoms. The molecular weight excluding hydrogens is 592 g/mol. The summed E-state index contributed by atoms with van der Waals surface area (Å²) in [7, 11) is 4.80. The average Bonchev–Trinajstić information content (AvgIpc) is 3.26. The monoisotopic (exact) mass is 628 g/mol. The summed E-state index contributed by atoms with van der Waals surface area (Å²) in [5.41, 5.74) is 2.77. The van der Waals surface area contributed by atoms with Gasteiger partial charge in [-0.3, -0.25) is 19.7 Å². The standard InChI is InChI=1S/C33H36N6O7/c1-17-26(30(43)45-7)27-28(34-17)22(40)12-23-33(27)13-19(33)15-39(23)25(41)9-8-21-10-18(14-37(21)5)29(42)36-24-11-20(16-38(24)6)35-31(44)46-32(2,3)4/h8-12,14,16,19,34H,13,15H2,1-7H3,(H,35,44)(H,36,42)/b9-8+/t19-,33+/m1/s1. The summed E-state index contributed by atoms with van der Waals surface area (Å²) >= 11 is 0. The highest BCUT2D eigenvalue weighted by Crippen LogP contribution is 2.67. The number of aromatic nitrogens is 3. The summed E-state index contributed by atoms with van der Waals surface area (Å²) in [6, 6.07) is 3.28. The Morgan fingerprint density at radius 1 is 1.09 bits per heavy atom. The highest BCUT2D eigenvalue weighted by Gasteiger charge is 2.68. The van der Waals surface area contributed by atoms with Gasteiger partial charge >= 0.3 is 12.1 Å². The molecule has 2 fully saturated rings. The molecule has 0 aromatic carbocycles. The molecular formula is C33H36N6O7. The van der Waals surface area contributed by atoms with Crippen LogP contribution in [0.4, 0.5) is 16.3 Å². The molecule has 3 N–H and O–H groups in total. The molecule has 1 aliphatic heterocycles. The number of ketones is 1. The number of allylic oxidation sites excluding steroid dienone is 2. The maximum Gasteiger partial charge on any atom is 0.412 e. The number of carbonyl (C=O) groups is 5. The minimum absolute atomic E-state index is 0.0873. The van der Waals surface area contributed by atoms with E-state index < -0.39 is 23.1 Å². The van der Waals surface area contributed by atoms with Crippen molar-refractivity contribution in [1.29, 1.82) is 0 Å². The number of piperidine rings is 1. The number of likely N-dealkylation sites (tertiary alicyclic amines) is 1. The van der Waals surface area contributed by atoms with Crippen LogP contribution in [0.5, 0.6) is 0 Å². The van der Waals surface area contributed by atoms with Gasteiger partial charge in [-0.1, -0.05) is 0 Å². The number of H-pyrrole nitrogens is 1. The van der Waals surface area contributed by atoms with Crippen molar-refractivity contribution in [3.8, 4) is 0 Å². The SMILES string of the molecule is COC(=O)c1c(C)[nH]c2c1[C@@]13C[C@@H]1CN(C(=O)/C=C/c1cc(C(=O)Nc4cc(NC(=O)OC(C)(C)C)cn4C)cn1C)C3=CC2=O. The first-order chi connectivity index (χ1) is 21.6. The van der Waals surface area contributed by atoms with Crippen LogP contribution in [0.25, 0.3) is 6.08 Å². The van der Waals surface area contributed by atoms with Crippen LogP contribution >= 0.6 is 0 Å². The molecule has 3 aromatic rings. The van der Waals surface area contributed by atoms with Crippen LogP contribution in [-0.2, 0) is 33.8 Å². The van der Waals surface area contributed by atoms with Crippen molar-refractivity contribution in [2.45, 2.75) is 45.1 Å². The number of anilines is 2. The fourth-order valence-corrected chi connectivity index (χ4v) is 6.57. The Labute approximate surface area is 265 Å². The minimum atomic E-state index is -0.648. The van der Waals surface area contributed by atoms with Crippen LogP contribution in [0.1, 0.15) is 75.3 Å². The fourth-order valence-electron chi connectivity index (χ4n) is 6.57. The first-order valence-corrected chi connectivity index (χ1v) is 14.8. The van der Waals surface area contributed by atoms with Gasteiger partial charge in [-0.25, -0.2) is 9.59 Å². The molecule has 1 saturated heterocycles. The van der Waals surface area contributed by atoms with E-state index in [1.165, 1.54) is 19.3 Å². The Hall–Kier alpha value is -5.33. The Morgan fingerprint density at radius 3 is 2.52 bits per heavy atom. The topological polar surface area (TPSA) is 157 Å². The highest BCUT2D eigenvalue weighted by atomic mass is 16.6. The quantitative estimate of drug-likeness (QED) is 0.272. The molecule has 13 heteroatoms. The molecule has 0 unspecified atom stereocenters. The van der Waals surface area contributed by atoms with E-state index in [0.29, 0.717) is 57.5 Å². The van der Waals surface area contributed by atoms with E-state index in [1.54, 1.807) is 86.4 Å². The first-order valence-electron chi connectivity index (χ1n) is 14.8. The number of hydrogen-bond donors (Lipinski definition) is 3. The van der Waals surface area contributed by atoms with Gasteiger partial charge < -0.3 is 33.8 Å². The van der Waals surface area contributed by atoms with Crippen LogP contribution in [0.2, 0.25) is 0 Å². The number of amides is 3. The fraction of sp³-hybridized carbons (Fsp3) is 0.364. The lowest BCUT2D eigenvalue weighted by Crippen LogP contribution is -2.33. The van der Waals surface area contributed by atoms with Crippen molar-refractivity contribution in [2.24, 2.45) is 20.0 Å². The van der Waals surface area contributed by atoms with Gasteiger partial charge in [-0.05, 0) is 52.2 Å². The predicted octanol–water partition coefficient (Wildman–Crippen LogP) is 4.28. The summed E-state index contributed by atoms with van der Waals surface area (Å²) in [6.07, 6.45) is 7.98. The van der Waals surface area contributed by atoms with Gasteiger partial charge in [0.1, 0.15) is 11.4 Å². The van der Waals surface area contributed by atoms with E-state index in [-0.39, 0.29) is 23.5 Å². The van der Waals surface area contributed by atoms with Crippen LogP contribution in [0, 0.1) is 12.8 Å². The molecule has 6 rings (SSSR count). The van der Waals surface area contributed by atoms with Crippen LogP contribution in [0.15, 0.2) is 42.4 Å². The van der Waals surface area contributed by atoms with Gasteiger partial charge in [0.2, 0.25) is 5.78 Å². The molecule has 1 saturated carbocycles. The zero-order valence-electron chi connectivity index (χ0n) is 26.7. The second-order valence-corrected chi connectivity index (χ2v) is 13.0. The maximum absolute atomic E-state index is 13.5. The first kappa shape index (κ1) is 30.7. The number of nitrogens with zero attached hydrogens (tertiary/aromatic N) is 3. The Bertz CT molecular complexity index is 1900. The summed E-state index contributed by atoms with van der Waals surface area (Å²) in [6.45, 7) is 7.47. The van der Waals surface area contributed by atoms with Gasteiger partial charge in [0, 0.05) is 79.3 Å². The third kappa shape index (κ3) is 5.11. The van der Waals surface area contributed by atoms with Gasteiger partial charge in [0.05, 0.1) is 29.6 Å². The van der Waals surface area contributed by atoms with Crippen LogP contribution < -0.4 is 10.6 Å². The van der Waals surface area contributed by atoms with E-state index in [4.69, 9.17) is 9.47 Å². The molecule has 0 radical (unpaired) electrons. The molecule has 46 heavy (non-hydrogen) atoms. The number of fused-ring (bicyclic) bond motifs is 1. The van der Waals surface area contributed by atoms with Crippen molar-refractivity contribution in [1.82, 2.24) is 19.0 Å². The number of aromatic amines is 1. The molecule has 4 heterocycles. The van der Waals surface area contributed by atoms with Crippen molar-refractivity contribution in [3.63, 3.8) is 0 Å². The Balaban J connectivity index is 1.15. The number of methoxy groups -OCH3 is 1. The summed E-state index contributed by atoms with van der Waals surface area (Å²) < 4.78 is 13.7. The van der Waals surface area contributed by atoms with E-state index in [9.17, 15) is 24.0 Å². The normalized spacial score (nSPS) is 19.7. The van der Waals surface area contributed by atoms with Crippen LogP contribution in [-0.4, -0.2) is 67.9 Å². The predicted molar refractivity (Wildman–Crippen MR) is 168 cm³/mol. The number of aryl methyl sites for hydroxylation is 3. The number of hydrogen-bond acceptors (Lipinski definition) is 7. The number of ether oxygens (including phenoxy) is 2. The van der Waals surface area contributed by atoms with Gasteiger partial charge in [-0.15, -0.1) is 0 Å². The molecule has 3 aliphatic rings. The largest absolute Gasteiger partial charge is 0.465 e. The molecule has 3 aromatic heterocycles. The third-order valence-corrected chi connectivity index (χ3v) is 8.65. The van der Waals surface area contributed by atoms with Crippen LogP contribution in [0.3, 0.4) is 0 Å². The Kier molecular flexibility index (Phi) is 7.10. The van der Waals surface area contributed by atoms with Gasteiger partial charge in [-0.2, -0.15) is 0 Å². The van der Waals surface area contributed by atoms with E-state index in [2.05, 4.69) is 15.6 Å². The van der Waals surface area contributed by atoms with Crippen molar-refractivity contribution < 1.29 is 33.4 Å². The lowest BCUT2D eigenvalue weighted by Gasteiger charge is -2.27. The molecule has 1 spiro atoms. The van der Waals surface area contributed by atoms with Gasteiger partial charge in [0.15, 0.2) is 0 Å². The minimum Gasteiger partial charge on any atom is -0.465 e. The lowest BCUT2D eigenvalue weighted by molar-refractivity contribution is -0.123. The zero-order valence-corrected chi connectivity index (χ0v) is 26.7. The maximum atomic E-state index is 13.5. The summed E-state index contributed by atoms with van der Waals surface area (Å²) in [5, 5.41) is 5.48. The number of carbonyl (C=O) groups excluding carboxylic acids is 5. The second kappa shape index (κ2) is 10.6. The van der Waals surface area contributed by atoms with Crippen molar-refractivity contribution in [3.05, 3.63) is 76.1 Å². The molecule has 240 valence electrons. The highest BCUT2D eigenvalue weighted by molar-refractivity contribution is 6.11. The van der Waals surface area contributed by atoms with Crippen molar-refractivity contribution >= 4 is 47.2 Å². The van der Waals surface area contributed by atoms with E-state index in [1.807, 2.05) is 0 Å².